The fourth-order valence-electron chi connectivity index (χ4n) is 3.07. The molecule has 0 aromatic heterocycles. The average molecular weight is 502 g/mol. The molecule has 0 bridgehead atoms. The van der Waals surface area contributed by atoms with Gasteiger partial charge in [-0.05, 0) is 32.3 Å². The maximum Gasteiger partial charge on any atom is 0.410 e. The van der Waals surface area contributed by atoms with Gasteiger partial charge >= 0.3 is 6.09 Å². The van der Waals surface area contributed by atoms with Crippen LogP contribution in [-0.2, 0) is 9.53 Å². The summed E-state index contributed by atoms with van der Waals surface area (Å²) in [6, 6.07) is 0. The van der Waals surface area contributed by atoms with Crippen molar-refractivity contribution in [2.24, 2.45) is 10.1 Å². The van der Waals surface area contributed by atoms with Gasteiger partial charge in [0.05, 0.1) is 25.3 Å². The van der Waals surface area contributed by atoms with Gasteiger partial charge in [-0.1, -0.05) is 38.7 Å². The van der Waals surface area contributed by atoms with Gasteiger partial charge in [0.2, 0.25) is 5.91 Å². The van der Waals surface area contributed by atoms with E-state index < -0.39 is 12.2 Å². The second-order valence-corrected chi connectivity index (χ2v) is 7.79. The van der Waals surface area contributed by atoms with E-state index in [1.807, 2.05) is 27.0 Å². The van der Waals surface area contributed by atoms with Gasteiger partial charge in [0, 0.05) is 38.5 Å². The highest BCUT2D eigenvalue weighted by Crippen LogP contribution is 2.21. The zero-order valence-corrected chi connectivity index (χ0v) is 22.4. The minimum Gasteiger partial charge on any atom is -0.442 e. The number of amides is 2. The van der Waals surface area contributed by atoms with Gasteiger partial charge in [-0.3, -0.25) is 14.8 Å². The highest BCUT2D eigenvalue weighted by Gasteiger charge is 2.30. The van der Waals surface area contributed by atoms with E-state index in [0.717, 1.165) is 0 Å². The molecule has 1 heterocycles. The standard InChI is InChI=1S/C24H36FN5O3.C3H4/c1-7-11-20(14-26-18(4)16-29(6)28-9-3)22(23(25)8-2)12-10-13-30-17-21(33-24(30)32)15-27-19(5)31;1-3-2/h9-12,14,21H,4,7-8,13,15-17H2,1-3,5-6H3,(H,27,31);1H,2H3/b12-10-,20-11+,23-22-,26-14?,28-9-;. The number of nitrogens with one attached hydrogen (secondary N) is 1. The van der Waals surface area contributed by atoms with Crippen molar-refractivity contribution in [3.63, 3.8) is 0 Å². The minimum absolute atomic E-state index is 0.182. The Hall–Kier alpha value is -3.67. The van der Waals surface area contributed by atoms with E-state index in [1.54, 1.807) is 43.4 Å². The van der Waals surface area contributed by atoms with E-state index >= 15 is 0 Å². The monoisotopic (exact) mass is 501 g/mol. The van der Waals surface area contributed by atoms with Crippen molar-refractivity contribution in [1.82, 2.24) is 15.2 Å². The molecule has 1 atom stereocenters. The molecule has 0 spiro atoms. The van der Waals surface area contributed by atoms with Crippen LogP contribution in [0.3, 0.4) is 0 Å². The molecule has 1 N–H and O–H groups in total. The van der Waals surface area contributed by atoms with E-state index in [-0.39, 0.29) is 31.2 Å². The quantitative estimate of drug-likeness (QED) is 0.173. The van der Waals surface area contributed by atoms with Gasteiger partial charge in [0.15, 0.2) is 0 Å². The van der Waals surface area contributed by atoms with Crippen LogP contribution in [0.25, 0.3) is 0 Å². The molecule has 8 nitrogen and oxygen atoms in total. The van der Waals surface area contributed by atoms with Crippen LogP contribution in [0.2, 0.25) is 0 Å². The van der Waals surface area contributed by atoms with Crippen molar-refractivity contribution in [2.45, 2.75) is 53.6 Å². The van der Waals surface area contributed by atoms with Gasteiger partial charge in [-0.2, -0.15) is 5.10 Å². The van der Waals surface area contributed by atoms with Gasteiger partial charge < -0.3 is 15.0 Å². The lowest BCUT2D eigenvalue weighted by Gasteiger charge is -2.12. The Morgan fingerprint density at radius 2 is 2.11 bits per heavy atom. The number of hydrazone groups is 1. The lowest BCUT2D eigenvalue weighted by molar-refractivity contribution is -0.119. The molecule has 1 aliphatic rings. The van der Waals surface area contributed by atoms with Crippen molar-refractivity contribution in [3.8, 4) is 12.3 Å². The first-order chi connectivity index (χ1) is 17.1. The molecule has 2 amide bonds. The van der Waals surface area contributed by atoms with Gasteiger partial charge in [0.25, 0.3) is 0 Å². The topological polar surface area (TPSA) is 86.6 Å². The summed E-state index contributed by atoms with van der Waals surface area (Å²) in [7, 11) is 1.82. The number of nitrogens with zero attached hydrogens (tertiary/aromatic N) is 4. The van der Waals surface area contributed by atoms with E-state index in [2.05, 4.69) is 34.3 Å². The number of halogens is 1. The van der Waals surface area contributed by atoms with E-state index in [9.17, 15) is 14.0 Å². The molecule has 1 saturated heterocycles. The molecule has 1 unspecified atom stereocenters. The zero-order valence-electron chi connectivity index (χ0n) is 22.4. The van der Waals surface area contributed by atoms with Crippen LogP contribution in [-0.4, -0.2) is 73.7 Å². The molecule has 0 aliphatic carbocycles. The highest BCUT2D eigenvalue weighted by molar-refractivity contribution is 5.87. The highest BCUT2D eigenvalue weighted by atomic mass is 19.1. The maximum absolute atomic E-state index is 14.8. The Balaban J connectivity index is 0.00000387. The number of hydrogen-bond donors (Lipinski definition) is 1. The van der Waals surface area contributed by atoms with E-state index in [4.69, 9.17) is 4.74 Å². The van der Waals surface area contributed by atoms with Crippen LogP contribution in [0.5, 0.6) is 0 Å². The Kier molecular flexibility index (Phi) is 16.7. The van der Waals surface area contributed by atoms with Crippen LogP contribution in [0, 0.1) is 12.3 Å². The first kappa shape index (κ1) is 32.3. The first-order valence-electron chi connectivity index (χ1n) is 11.9. The Morgan fingerprint density at radius 3 is 2.67 bits per heavy atom. The number of aliphatic imine (C=N–C) groups is 1. The van der Waals surface area contributed by atoms with Gasteiger partial charge in [-0.15, -0.1) is 12.3 Å². The van der Waals surface area contributed by atoms with Crippen molar-refractivity contribution < 1.29 is 18.7 Å². The summed E-state index contributed by atoms with van der Waals surface area (Å²) in [5.41, 5.74) is 1.65. The molecule has 1 aliphatic heterocycles. The van der Waals surface area contributed by atoms with Crippen LogP contribution in [0.15, 0.2) is 57.6 Å². The van der Waals surface area contributed by atoms with E-state index in [0.29, 0.717) is 36.4 Å². The third-order valence-electron chi connectivity index (χ3n) is 4.59. The van der Waals surface area contributed by atoms with Crippen LogP contribution in [0.1, 0.15) is 47.5 Å². The molecule has 0 aromatic rings. The molecule has 0 radical (unpaired) electrons. The lowest BCUT2D eigenvalue weighted by atomic mass is 10.0. The average Bonchev–Trinajstić information content (AvgIpc) is 3.18. The molecule has 9 heteroatoms. The third kappa shape index (κ3) is 13.3. The zero-order chi connectivity index (χ0) is 27.5. The Bertz CT molecular complexity index is 928. The van der Waals surface area contributed by atoms with Crippen LogP contribution >= 0.6 is 0 Å². The summed E-state index contributed by atoms with van der Waals surface area (Å²) in [6.07, 6.45) is 13.2. The number of ether oxygens (including phenoxy) is 1. The molecular formula is C27H40FN5O3. The predicted octanol–water partition coefficient (Wildman–Crippen LogP) is 4.63. The number of rotatable bonds is 13. The smallest absolute Gasteiger partial charge is 0.410 e. The number of hydrogen-bond acceptors (Lipinski definition) is 6. The number of carbonyl (C=O) groups excluding carboxylic acids is 2. The summed E-state index contributed by atoms with van der Waals surface area (Å²) >= 11 is 0. The summed E-state index contributed by atoms with van der Waals surface area (Å²) in [6.45, 7) is 13.9. The van der Waals surface area contributed by atoms with Crippen molar-refractivity contribution >= 4 is 24.4 Å². The van der Waals surface area contributed by atoms with E-state index in [1.165, 1.54) is 11.8 Å². The van der Waals surface area contributed by atoms with Crippen molar-refractivity contribution in [2.75, 3.05) is 33.2 Å². The molecular weight excluding hydrogens is 461 g/mol. The molecule has 0 aromatic carbocycles. The lowest BCUT2D eigenvalue weighted by Crippen LogP contribution is -2.33. The molecule has 1 rings (SSSR count). The summed E-state index contributed by atoms with van der Waals surface area (Å²) in [5.74, 6) is 1.79. The maximum atomic E-state index is 14.8. The van der Waals surface area contributed by atoms with Crippen LogP contribution in [0.4, 0.5) is 9.18 Å². The predicted molar refractivity (Wildman–Crippen MR) is 145 cm³/mol. The second kappa shape index (κ2) is 18.6. The molecule has 36 heavy (non-hydrogen) atoms. The Labute approximate surface area is 215 Å². The molecule has 1 fully saturated rings. The second-order valence-electron chi connectivity index (χ2n) is 7.79. The summed E-state index contributed by atoms with van der Waals surface area (Å²) in [5, 5.41) is 8.48. The van der Waals surface area contributed by atoms with Crippen LogP contribution < -0.4 is 5.32 Å². The van der Waals surface area contributed by atoms with Gasteiger partial charge in [0.1, 0.15) is 11.9 Å². The third-order valence-corrected chi connectivity index (χ3v) is 4.59. The van der Waals surface area contributed by atoms with Crippen molar-refractivity contribution in [1.29, 1.82) is 0 Å². The number of likely N-dealkylation sites (N-methyl/N-ethyl adjacent to an activating group) is 1. The SMILES string of the molecule is C#CC.C=C(CN(C)/N=C\C)N=CC(=C\CC)/C(/C=C\CN1CC(CNC(C)=O)OC1=O)=C(\F)CC. The van der Waals surface area contributed by atoms with Gasteiger partial charge in [-0.25, -0.2) is 9.18 Å². The minimum atomic E-state index is -0.461. The molecule has 0 saturated carbocycles. The number of terminal acetylenes is 1. The fourth-order valence-corrected chi connectivity index (χ4v) is 3.07. The first-order valence-corrected chi connectivity index (χ1v) is 11.9. The fraction of sp³-hybridized carbons (Fsp3) is 0.481. The number of carbonyl (C=O) groups is 2. The largest absolute Gasteiger partial charge is 0.442 e. The molecule has 198 valence electrons. The Morgan fingerprint density at radius 1 is 1.44 bits per heavy atom. The normalized spacial score (nSPS) is 16.5. The number of cyclic esters (lactones) is 1. The van der Waals surface area contributed by atoms with Crippen molar-refractivity contribution in [3.05, 3.63) is 47.5 Å². The summed E-state index contributed by atoms with van der Waals surface area (Å²) in [4.78, 5) is 29.0. The number of allylic oxidation sites excluding steroid dienone is 5. The summed E-state index contributed by atoms with van der Waals surface area (Å²) < 4.78 is 20.0.